The van der Waals surface area contributed by atoms with Gasteiger partial charge in [-0.15, -0.1) is 0 Å². The Kier molecular flexibility index (Phi) is 26.4. The first-order valence-electron chi connectivity index (χ1n) is 1.08. The fourth-order valence-corrected chi connectivity index (χ4v) is 0. The van der Waals surface area contributed by atoms with E-state index in [1.54, 1.807) is 0 Å². The highest BCUT2D eigenvalue weighted by Gasteiger charge is 1.53. The van der Waals surface area contributed by atoms with Crippen LogP contribution in [0.3, 0.4) is 0 Å². The van der Waals surface area contributed by atoms with Crippen LogP contribution in [0.4, 0.5) is 0 Å². The maximum absolute atomic E-state index is 7.86. The zero-order valence-electron chi connectivity index (χ0n) is 4.07. The van der Waals surface area contributed by atoms with Crippen LogP contribution in [0.15, 0.2) is 12.3 Å². The van der Waals surface area contributed by atoms with Gasteiger partial charge in [0, 0.05) is 0 Å². The van der Waals surface area contributed by atoms with Gasteiger partial charge < -0.3 is 17.4 Å². The summed E-state index contributed by atoms with van der Waals surface area (Å²) in [5.41, 5.74) is 0. The van der Waals surface area contributed by atoms with Crippen molar-refractivity contribution in [2.75, 3.05) is 0 Å². The third kappa shape index (κ3) is 71.8. The minimum Gasteiger partial charge on any atom is -0.513 e. The Bertz CT molecular complexity index is 31.8. The van der Waals surface area contributed by atoms with Crippen molar-refractivity contribution in [3.8, 4) is 0 Å². The summed E-state index contributed by atoms with van der Waals surface area (Å²) in [6, 6.07) is 0. The summed E-state index contributed by atoms with van der Waals surface area (Å²) in [5.74, 6) is 0.167. The van der Waals surface area contributed by atoms with Crippen molar-refractivity contribution < 1.29 is 5.11 Å². The van der Waals surface area contributed by atoms with Crippen LogP contribution in [-0.2, 0) is 0 Å². The average Bonchev–Trinajstić information content (AvgIpc) is 0.811. The van der Waals surface area contributed by atoms with E-state index in [1.807, 2.05) is 0 Å². The van der Waals surface area contributed by atoms with E-state index in [0.29, 0.717) is 0 Å². The van der Waals surface area contributed by atoms with E-state index in [2.05, 4.69) is 6.58 Å². The number of aliphatic hydroxyl groups is 1. The molecule has 7 N–H and O–H groups in total. The maximum atomic E-state index is 7.86. The molecule has 0 aromatic heterocycles. The van der Waals surface area contributed by atoms with Crippen molar-refractivity contribution in [3.05, 3.63) is 12.3 Å². The molecule has 0 rings (SSSR count). The molecular formula is C3H12N2O. The summed E-state index contributed by atoms with van der Waals surface area (Å²) in [5, 5.41) is 7.86. The van der Waals surface area contributed by atoms with Crippen LogP contribution in [0.25, 0.3) is 0 Å². The van der Waals surface area contributed by atoms with Gasteiger partial charge in [-0.1, -0.05) is 6.58 Å². The molecule has 0 unspecified atom stereocenters. The molecule has 0 aliphatic rings. The van der Waals surface area contributed by atoms with E-state index >= 15 is 0 Å². The summed E-state index contributed by atoms with van der Waals surface area (Å²) < 4.78 is 0. The van der Waals surface area contributed by atoms with E-state index in [-0.39, 0.29) is 18.1 Å². The molecule has 0 bridgehead atoms. The monoisotopic (exact) mass is 92.1 g/mol. The molecule has 0 spiro atoms. The van der Waals surface area contributed by atoms with Crippen LogP contribution < -0.4 is 12.3 Å². The quantitative estimate of drug-likeness (QED) is 0.394. The second kappa shape index (κ2) is 8.82. The Hall–Kier alpha value is -0.540. The van der Waals surface area contributed by atoms with Crippen LogP contribution >= 0.6 is 0 Å². The van der Waals surface area contributed by atoms with Crippen LogP contribution in [0.2, 0.25) is 0 Å². The SMILES string of the molecule is C=C(C)O.N.N. The molecular weight excluding hydrogens is 80.0 g/mol. The van der Waals surface area contributed by atoms with Gasteiger partial charge >= 0.3 is 0 Å². The third-order valence-corrected chi connectivity index (χ3v) is 0. The zero-order chi connectivity index (χ0) is 3.58. The molecule has 3 nitrogen and oxygen atoms in total. The topological polar surface area (TPSA) is 90.2 Å². The van der Waals surface area contributed by atoms with E-state index in [0.717, 1.165) is 0 Å². The molecule has 0 aromatic carbocycles. The molecule has 0 aromatic rings. The predicted octanol–water partition coefficient (Wildman–Crippen LogP) is 1.40. The van der Waals surface area contributed by atoms with Gasteiger partial charge in [0.1, 0.15) is 0 Å². The highest BCUT2D eigenvalue weighted by atomic mass is 16.3. The second-order valence-corrected chi connectivity index (χ2v) is 0.735. The van der Waals surface area contributed by atoms with Gasteiger partial charge in [0.25, 0.3) is 0 Å². The summed E-state index contributed by atoms with van der Waals surface area (Å²) in [7, 11) is 0. The van der Waals surface area contributed by atoms with Gasteiger partial charge in [-0.2, -0.15) is 0 Å². The second-order valence-electron chi connectivity index (χ2n) is 0.735. The fourth-order valence-electron chi connectivity index (χ4n) is 0. The molecule has 0 aliphatic carbocycles. The van der Waals surface area contributed by atoms with Gasteiger partial charge in [0.2, 0.25) is 0 Å². The Labute approximate surface area is 37.8 Å². The summed E-state index contributed by atoms with van der Waals surface area (Å²) in [6.07, 6.45) is 0. The number of hydrogen-bond acceptors (Lipinski definition) is 3. The summed E-state index contributed by atoms with van der Waals surface area (Å²) in [6.45, 7) is 4.64. The number of hydrogen-bond donors (Lipinski definition) is 3. The van der Waals surface area contributed by atoms with Crippen molar-refractivity contribution in [1.82, 2.24) is 12.3 Å². The third-order valence-electron chi connectivity index (χ3n) is 0. The van der Waals surface area contributed by atoms with E-state index in [4.69, 9.17) is 5.11 Å². The van der Waals surface area contributed by atoms with Gasteiger partial charge in [-0.05, 0) is 6.92 Å². The first-order valence-corrected chi connectivity index (χ1v) is 1.08. The lowest BCUT2D eigenvalue weighted by molar-refractivity contribution is 0.417. The summed E-state index contributed by atoms with van der Waals surface area (Å²) in [4.78, 5) is 0. The van der Waals surface area contributed by atoms with Crippen molar-refractivity contribution in [3.63, 3.8) is 0 Å². The Morgan fingerprint density at radius 3 is 1.50 bits per heavy atom. The van der Waals surface area contributed by atoms with Crippen molar-refractivity contribution >= 4 is 0 Å². The molecule has 0 radical (unpaired) electrons. The Morgan fingerprint density at radius 1 is 1.50 bits per heavy atom. The predicted molar refractivity (Wildman–Crippen MR) is 27.5 cm³/mol. The Morgan fingerprint density at radius 2 is 1.50 bits per heavy atom. The highest BCUT2D eigenvalue weighted by Crippen LogP contribution is 1.66. The molecule has 0 saturated carbocycles. The van der Waals surface area contributed by atoms with Crippen LogP contribution in [0, 0.1) is 0 Å². The average molecular weight is 92.1 g/mol. The smallest absolute Gasteiger partial charge is 0.0820 e. The molecule has 0 aliphatic heterocycles. The first-order chi connectivity index (χ1) is 1.73. The molecule has 0 heterocycles. The van der Waals surface area contributed by atoms with Crippen LogP contribution in [0.5, 0.6) is 0 Å². The standard InChI is InChI=1S/C3H6O.2H3N/c1-3(2)4;;/h4H,1H2,2H3;2*1H3. The molecule has 40 valence electrons. The highest BCUT2D eigenvalue weighted by molar-refractivity contribution is 4.67. The van der Waals surface area contributed by atoms with Crippen molar-refractivity contribution in [1.29, 1.82) is 0 Å². The number of rotatable bonds is 0. The maximum Gasteiger partial charge on any atom is 0.0820 e. The van der Waals surface area contributed by atoms with E-state index in [1.165, 1.54) is 6.92 Å². The molecule has 6 heavy (non-hydrogen) atoms. The van der Waals surface area contributed by atoms with Crippen molar-refractivity contribution in [2.24, 2.45) is 0 Å². The lowest BCUT2D eigenvalue weighted by atomic mass is 10.7. The van der Waals surface area contributed by atoms with Gasteiger partial charge in [0.05, 0.1) is 5.76 Å². The minimum atomic E-state index is 0. The molecule has 0 atom stereocenters. The lowest BCUT2D eigenvalue weighted by Gasteiger charge is -1.68. The largest absolute Gasteiger partial charge is 0.513 e. The van der Waals surface area contributed by atoms with Crippen molar-refractivity contribution in [2.45, 2.75) is 6.92 Å². The molecule has 3 heteroatoms. The first kappa shape index (κ1) is 17.9. The molecule has 0 saturated heterocycles. The normalized spacial score (nSPS) is 4.17. The van der Waals surface area contributed by atoms with Gasteiger partial charge in [0.15, 0.2) is 0 Å². The Balaban J connectivity index is -0.0000000450. The van der Waals surface area contributed by atoms with Crippen LogP contribution in [0.1, 0.15) is 6.92 Å². The number of aliphatic hydroxyl groups excluding tert-OH is 1. The summed E-state index contributed by atoms with van der Waals surface area (Å²) >= 11 is 0. The van der Waals surface area contributed by atoms with Gasteiger partial charge in [-0.3, -0.25) is 0 Å². The van der Waals surface area contributed by atoms with E-state index < -0.39 is 0 Å². The molecule has 0 amide bonds. The fraction of sp³-hybridized carbons (Fsp3) is 0.333. The minimum absolute atomic E-state index is 0. The van der Waals surface area contributed by atoms with Gasteiger partial charge in [-0.25, -0.2) is 0 Å². The van der Waals surface area contributed by atoms with E-state index in [9.17, 15) is 0 Å². The molecule has 0 fully saturated rings. The zero-order valence-corrected chi connectivity index (χ0v) is 4.07. The van der Waals surface area contributed by atoms with Crippen LogP contribution in [-0.4, -0.2) is 5.11 Å². The number of allylic oxidation sites excluding steroid dienone is 1. The lowest BCUT2D eigenvalue weighted by Crippen LogP contribution is -1.54.